The Hall–Kier alpha value is -2.19. The van der Waals surface area contributed by atoms with Crippen LogP contribution < -0.4 is 5.32 Å². The summed E-state index contributed by atoms with van der Waals surface area (Å²) in [5, 5.41) is 12.2. The zero-order valence-electron chi connectivity index (χ0n) is 14.0. The molecule has 3 aromatic rings. The highest BCUT2D eigenvalue weighted by Gasteiger charge is 2.10. The SMILES string of the molecule is Cc1ccc(CSc2nc(CC(=O)NCc3nnc(C)o3)cs2)cc1. The van der Waals surface area contributed by atoms with Gasteiger partial charge in [0.25, 0.3) is 0 Å². The number of hydrogen-bond donors (Lipinski definition) is 1. The van der Waals surface area contributed by atoms with Gasteiger partial charge in [-0.1, -0.05) is 41.6 Å². The Morgan fingerprint density at radius 2 is 2.04 bits per heavy atom. The van der Waals surface area contributed by atoms with E-state index in [1.165, 1.54) is 11.1 Å². The topological polar surface area (TPSA) is 80.9 Å². The summed E-state index contributed by atoms with van der Waals surface area (Å²) < 4.78 is 6.18. The maximum absolute atomic E-state index is 12.0. The Bertz CT molecular complexity index is 842. The van der Waals surface area contributed by atoms with Gasteiger partial charge < -0.3 is 9.73 Å². The van der Waals surface area contributed by atoms with E-state index in [4.69, 9.17) is 4.42 Å². The molecule has 8 heteroatoms. The molecule has 2 aromatic heterocycles. The molecule has 0 radical (unpaired) electrons. The lowest BCUT2D eigenvalue weighted by atomic mass is 10.2. The lowest BCUT2D eigenvalue weighted by molar-refractivity contribution is -0.120. The van der Waals surface area contributed by atoms with Crippen LogP contribution >= 0.6 is 23.1 Å². The molecular formula is C17H18N4O2S2. The summed E-state index contributed by atoms with van der Waals surface area (Å²) >= 11 is 3.25. The second-order valence-corrected chi connectivity index (χ2v) is 7.63. The van der Waals surface area contributed by atoms with Crippen LogP contribution in [0.1, 0.15) is 28.6 Å². The molecular weight excluding hydrogens is 356 g/mol. The van der Waals surface area contributed by atoms with E-state index in [-0.39, 0.29) is 18.9 Å². The second-order valence-electron chi connectivity index (χ2n) is 5.55. The fourth-order valence-electron chi connectivity index (χ4n) is 2.08. The number of rotatable bonds is 7. The van der Waals surface area contributed by atoms with Crippen LogP contribution in [0, 0.1) is 13.8 Å². The predicted molar refractivity (Wildman–Crippen MR) is 97.4 cm³/mol. The van der Waals surface area contributed by atoms with E-state index in [0.717, 1.165) is 15.8 Å². The highest BCUT2D eigenvalue weighted by molar-refractivity contribution is 8.00. The van der Waals surface area contributed by atoms with Crippen molar-refractivity contribution in [2.75, 3.05) is 0 Å². The number of carbonyl (C=O) groups is 1. The molecule has 0 bridgehead atoms. The molecule has 1 N–H and O–H groups in total. The number of thiazole rings is 1. The Morgan fingerprint density at radius 3 is 2.76 bits per heavy atom. The van der Waals surface area contributed by atoms with Crippen molar-refractivity contribution in [3.05, 3.63) is 58.2 Å². The number of hydrogen-bond acceptors (Lipinski definition) is 7. The molecule has 1 amide bonds. The fourth-order valence-corrected chi connectivity index (χ4v) is 3.88. The van der Waals surface area contributed by atoms with Gasteiger partial charge in [0.1, 0.15) is 4.34 Å². The van der Waals surface area contributed by atoms with Crippen molar-refractivity contribution in [1.82, 2.24) is 20.5 Å². The summed E-state index contributed by atoms with van der Waals surface area (Å²) in [5.74, 6) is 1.64. The van der Waals surface area contributed by atoms with Crippen molar-refractivity contribution >= 4 is 29.0 Å². The summed E-state index contributed by atoms with van der Waals surface area (Å²) in [6.07, 6.45) is 0.245. The first kappa shape index (κ1) is 17.6. The molecule has 25 heavy (non-hydrogen) atoms. The van der Waals surface area contributed by atoms with Crippen molar-refractivity contribution in [3.63, 3.8) is 0 Å². The van der Waals surface area contributed by atoms with E-state index >= 15 is 0 Å². The molecule has 0 aliphatic carbocycles. The number of thioether (sulfide) groups is 1. The minimum absolute atomic E-state index is 0.115. The molecule has 0 atom stereocenters. The lowest BCUT2D eigenvalue weighted by Crippen LogP contribution is -2.24. The molecule has 0 fully saturated rings. The molecule has 0 saturated carbocycles. The summed E-state index contributed by atoms with van der Waals surface area (Å²) in [6, 6.07) is 8.48. The molecule has 0 spiro atoms. The van der Waals surface area contributed by atoms with Gasteiger partial charge in [0.2, 0.25) is 17.7 Å². The van der Waals surface area contributed by atoms with Crippen LogP contribution in [-0.2, 0) is 23.5 Å². The lowest BCUT2D eigenvalue weighted by Gasteiger charge is -2.01. The number of benzene rings is 1. The molecule has 1 aromatic carbocycles. The van der Waals surface area contributed by atoms with Crippen LogP contribution in [0.2, 0.25) is 0 Å². The Labute approximate surface area is 154 Å². The van der Waals surface area contributed by atoms with Gasteiger partial charge >= 0.3 is 0 Å². The molecule has 3 rings (SSSR count). The average molecular weight is 374 g/mol. The van der Waals surface area contributed by atoms with Gasteiger partial charge in [-0.25, -0.2) is 4.98 Å². The zero-order chi connectivity index (χ0) is 17.6. The van der Waals surface area contributed by atoms with Crippen LogP contribution in [0.4, 0.5) is 0 Å². The molecule has 0 unspecified atom stereocenters. The van der Waals surface area contributed by atoms with Gasteiger partial charge in [0, 0.05) is 18.1 Å². The van der Waals surface area contributed by atoms with Crippen LogP contribution in [0.5, 0.6) is 0 Å². The maximum Gasteiger partial charge on any atom is 0.235 e. The van der Waals surface area contributed by atoms with Gasteiger partial charge in [-0.2, -0.15) is 0 Å². The minimum atomic E-state index is -0.115. The minimum Gasteiger partial charge on any atom is -0.424 e. The third-order valence-electron chi connectivity index (χ3n) is 3.36. The van der Waals surface area contributed by atoms with Crippen molar-refractivity contribution in [2.24, 2.45) is 0 Å². The standard InChI is InChI=1S/C17H18N4O2S2/c1-11-3-5-13(6-4-11)9-24-17-19-14(10-25-17)7-15(22)18-8-16-21-20-12(2)23-16/h3-6,10H,7-9H2,1-2H3,(H,18,22). The van der Waals surface area contributed by atoms with Crippen LogP contribution in [0.15, 0.2) is 38.4 Å². The Morgan fingerprint density at radius 1 is 1.24 bits per heavy atom. The summed E-state index contributed by atoms with van der Waals surface area (Å²) in [6.45, 7) is 4.02. The number of amides is 1. The number of carbonyl (C=O) groups excluding carboxylic acids is 1. The summed E-state index contributed by atoms with van der Waals surface area (Å²) in [7, 11) is 0. The molecule has 6 nitrogen and oxygen atoms in total. The highest BCUT2D eigenvalue weighted by atomic mass is 32.2. The van der Waals surface area contributed by atoms with Crippen LogP contribution in [-0.4, -0.2) is 21.1 Å². The number of aromatic nitrogens is 3. The average Bonchev–Trinajstić information content (AvgIpc) is 3.21. The maximum atomic E-state index is 12.0. The van der Waals surface area contributed by atoms with Crippen LogP contribution in [0.3, 0.4) is 0 Å². The number of nitrogens with zero attached hydrogens (tertiary/aromatic N) is 3. The smallest absolute Gasteiger partial charge is 0.235 e. The van der Waals surface area contributed by atoms with Crippen molar-refractivity contribution in [2.45, 2.75) is 36.9 Å². The highest BCUT2D eigenvalue weighted by Crippen LogP contribution is 2.26. The predicted octanol–water partition coefficient (Wildman–Crippen LogP) is 3.29. The van der Waals surface area contributed by atoms with E-state index in [1.807, 2.05) is 5.38 Å². The zero-order valence-corrected chi connectivity index (χ0v) is 15.6. The quantitative estimate of drug-likeness (QED) is 0.639. The molecule has 0 aliphatic heterocycles. The first-order valence-corrected chi connectivity index (χ1v) is 9.63. The van der Waals surface area contributed by atoms with Gasteiger partial charge in [0.15, 0.2) is 0 Å². The van der Waals surface area contributed by atoms with E-state index < -0.39 is 0 Å². The molecule has 130 valence electrons. The third-order valence-corrected chi connectivity index (χ3v) is 5.50. The van der Waals surface area contributed by atoms with Crippen molar-refractivity contribution in [3.8, 4) is 0 Å². The van der Waals surface area contributed by atoms with Crippen molar-refractivity contribution in [1.29, 1.82) is 0 Å². The Balaban J connectivity index is 1.45. The van der Waals surface area contributed by atoms with Gasteiger partial charge in [-0.3, -0.25) is 4.79 Å². The van der Waals surface area contributed by atoms with Crippen LogP contribution in [0.25, 0.3) is 0 Å². The van der Waals surface area contributed by atoms with Gasteiger partial charge in [0.05, 0.1) is 18.7 Å². The van der Waals surface area contributed by atoms with E-state index in [9.17, 15) is 4.79 Å². The first-order valence-electron chi connectivity index (χ1n) is 7.77. The molecule has 0 saturated heterocycles. The third kappa shape index (κ3) is 5.40. The largest absolute Gasteiger partial charge is 0.424 e. The fraction of sp³-hybridized carbons (Fsp3) is 0.294. The van der Waals surface area contributed by atoms with E-state index in [2.05, 4.69) is 51.7 Å². The van der Waals surface area contributed by atoms with Gasteiger partial charge in [-0.05, 0) is 12.5 Å². The molecule has 0 aliphatic rings. The second kappa shape index (κ2) is 8.26. The number of aryl methyl sites for hydroxylation is 2. The molecule has 2 heterocycles. The normalized spacial score (nSPS) is 10.8. The summed E-state index contributed by atoms with van der Waals surface area (Å²) in [5.41, 5.74) is 3.29. The number of nitrogens with one attached hydrogen (secondary N) is 1. The van der Waals surface area contributed by atoms with Crippen molar-refractivity contribution < 1.29 is 9.21 Å². The first-order chi connectivity index (χ1) is 12.1. The summed E-state index contributed by atoms with van der Waals surface area (Å²) in [4.78, 5) is 16.5. The van der Waals surface area contributed by atoms with Gasteiger partial charge in [-0.15, -0.1) is 21.5 Å². The Kier molecular flexibility index (Phi) is 5.83. The monoisotopic (exact) mass is 374 g/mol. The van der Waals surface area contributed by atoms with E-state index in [0.29, 0.717) is 11.8 Å². The van der Waals surface area contributed by atoms with E-state index in [1.54, 1.807) is 30.0 Å².